The van der Waals surface area contributed by atoms with Gasteiger partial charge in [-0.05, 0) is 31.2 Å². The van der Waals surface area contributed by atoms with E-state index in [0.29, 0.717) is 17.0 Å². The molecule has 0 saturated carbocycles. The van der Waals surface area contributed by atoms with Crippen LogP contribution in [0.4, 0.5) is 4.39 Å². The summed E-state index contributed by atoms with van der Waals surface area (Å²) in [7, 11) is 0. The predicted molar refractivity (Wildman–Crippen MR) is 55.0 cm³/mol. The molecule has 1 aromatic heterocycles. The van der Waals surface area contributed by atoms with Gasteiger partial charge in [0.15, 0.2) is 0 Å². The van der Waals surface area contributed by atoms with Gasteiger partial charge in [-0.25, -0.2) is 9.37 Å². The molecular weight excluding hydrogens is 195 g/mol. The summed E-state index contributed by atoms with van der Waals surface area (Å²) in [6.45, 7) is 1.68. The maximum atomic E-state index is 12.7. The standard InChI is InChI=1S/C11H9FN2O/c1-7-6-13-10(14-11(7)15)8-2-4-9(12)5-3-8/h2-6H,1H3,(H,13,14,15). The van der Waals surface area contributed by atoms with Gasteiger partial charge in [0.25, 0.3) is 5.56 Å². The second kappa shape index (κ2) is 3.65. The number of benzene rings is 1. The quantitative estimate of drug-likeness (QED) is 0.770. The Hall–Kier alpha value is -1.97. The van der Waals surface area contributed by atoms with E-state index in [1.165, 1.54) is 18.3 Å². The number of H-pyrrole nitrogens is 1. The van der Waals surface area contributed by atoms with Crippen LogP contribution in [0.15, 0.2) is 35.3 Å². The third-order valence-corrected chi connectivity index (χ3v) is 2.10. The van der Waals surface area contributed by atoms with Crippen molar-refractivity contribution in [3.63, 3.8) is 0 Å². The van der Waals surface area contributed by atoms with Crippen molar-refractivity contribution >= 4 is 0 Å². The summed E-state index contributed by atoms with van der Waals surface area (Å²) in [5, 5.41) is 0. The van der Waals surface area contributed by atoms with E-state index in [2.05, 4.69) is 9.97 Å². The zero-order valence-electron chi connectivity index (χ0n) is 8.12. The lowest BCUT2D eigenvalue weighted by Crippen LogP contribution is -2.11. The number of hydrogen-bond donors (Lipinski definition) is 1. The number of hydrogen-bond acceptors (Lipinski definition) is 2. The molecule has 0 amide bonds. The molecule has 2 rings (SSSR count). The maximum Gasteiger partial charge on any atom is 0.254 e. The molecule has 0 fully saturated rings. The average Bonchev–Trinajstić information content (AvgIpc) is 2.23. The first kappa shape index (κ1) is 9.58. The van der Waals surface area contributed by atoms with Gasteiger partial charge in [-0.2, -0.15) is 0 Å². The van der Waals surface area contributed by atoms with Gasteiger partial charge in [-0.1, -0.05) is 0 Å². The molecule has 0 aliphatic rings. The Morgan fingerprint density at radius 1 is 1.27 bits per heavy atom. The van der Waals surface area contributed by atoms with Crippen LogP contribution < -0.4 is 5.56 Å². The fourth-order valence-electron chi connectivity index (χ4n) is 1.21. The van der Waals surface area contributed by atoms with E-state index in [4.69, 9.17) is 0 Å². The van der Waals surface area contributed by atoms with Crippen LogP contribution in [0.1, 0.15) is 5.56 Å². The van der Waals surface area contributed by atoms with E-state index in [9.17, 15) is 9.18 Å². The highest BCUT2D eigenvalue weighted by Crippen LogP contribution is 2.13. The molecule has 0 atom stereocenters. The zero-order chi connectivity index (χ0) is 10.8. The fraction of sp³-hybridized carbons (Fsp3) is 0.0909. The number of aryl methyl sites for hydroxylation is 1. The first-order valence-corrected chi connectivity index (χ1v) is 4.48. The monoisotopic (exact) mass is 204 g/mol. The van der Waals surface area contributed by atoms with E-state index in [1.54, 1.807) is 19.1 Å². The molecule has 0 aliphatic carbocycles. The van der Waals surface area contributed by atoms with Crippen LogP contribution in [0.3, 0.4) is 0 Å². The Labute approximate surface area is 85.6 Å². The van der Waals surface area contributed by atoms with Gasteiger partial charge < -0.3 is 4.98 Å². The van der Waals surface area contributed by atoms with Crippen molar-refractivity contribution in [1.82, 2.24) is 9.97 Å². The number of halogens is 1. The molecule has 76 valence electrons. The molecule has 1 aromatic carbocycles. The molecule has 3 nitrogen and oxygen atoms in total. The third kappa shape index (κ3) is 1.93. The average molecular weight is 204 g/mol. The highest BCUT2D eigenvalue weighted by molar-refractivity contribution is 5.54. The first-order valence-electron chi connectivity index (χ1n) is 4.48. The normalized spacial score (nSPS) is 10.3. The van der Waals surface area contributed by atoms with Crippen molar-refractivity contribution in [2.45, 2.75) is 6.92 Å². The Bertz CT molecular complexity index is 531. The van der Waals surface area contributed by atoms with E-state index in [0.717, 1.165) is 0 Å². The first-order chi connectivity index (χ1) is 7.16. The van der Waals surface area contributed by atoms with Crippen LogP contribution >= 0.6 is 0 Å². The van der Waals surface area contributed by atoms with Crippen LogP contribution in [0, 0.1) is 12.7 Å². The van der Waals surface area contributed by atoms with Gasteiger partial charge in [-0.3, -0.25) is 4.79 Å². The Morgan fingerprint density at radius 2 is 1.93 bits per heavy atom. The van der Waals surface area contributed by atoms with Crippen LogP contribution in [-0.2, 0) is 0 Å². The van der Waals surface area contributed by atoms with Crippen LogP contribution in [0.25, 0.3) is 11.4 Å². The summed E-state index contributed by atoms with van der Waals surface area (Å²) in [6.07, 6.45) is 1.50. The summed E-state index contributed by atoms with van der Waals surface area (Å²) < 4.78 is 12.7. The summed E-state index contributed by atoms with van der Waals surface area (Å²) in [4.78, 5) is 18.0. The Kier molecular flexibility index (Phi) is 2.33. The molecule has 15 heavy (non-hydrogen) atoms. The number of rotatable bonds is 1. The fourth-order valence-corrected chi connectivity index (χ4v) is 1.21. The van der Waals surface area contributed by atoms with Gasteiger partial charge in [0.2, 0.25) is 0 Å². The van der Waals surface area contributed by atoms with E-state index >= 15 is 0 Å². The van der Waals surface area contributed by atoms with Crippen molar-refractivity contribution in [1.29, 1.82) is 0 Å². The topological polar surface area (TPSA) is 45.8 Å². The Morgan fingerprint density at radius 3 is 2.53 bits per heavy atom. The third-order valence-electron chi connectivity index (χ3n) is 2.10. The molecule has 0 radical (unpaired) electrons. The molecule has 0 bridgehead atoms. The number of aromatic nitrogens is 2. The highest BCUT2D eigenvalue weighted by atomic mass is 19.1. The van der Waals surface area contributed by atoms with Crippen LogP contribution in [0.2, 0.25) is 0 Å². The highest BCUT2D eigenvalue weighted by Gasteiger charge is 2.01. The molecule has 1 heterocycles. The SMILES string of the molecule is Cc1cnc(-c2ccc(F)cc2)[nH]c1=O. The molecule has 0 aliphatic heterocycles. The minimum atomic E-state index is -0.312. The molecular formula is C11H9FN2O. The molecule has 0 unspecified atom stereocenters. The van der Waals surface area contributed by atoms with Gasteiger partial charge in [0.05, 0.1) is 0 Å². The van der Waals surface area contributed by atoms with Crippen molar-refractivity contribution in [2.24, 2.45) is 0 Å². The van der Waals surface area contributed by atoms with E-state index in [1.807, 2.05) is 0 Å². The number of aromatic amines is 1. The van der Waals surface area contributed by atoms with Crippen molar-refractivity contribution in [2.75, 3.05) is 0 Å². The summed E-state index contributed by atoms with van der Waals surface area (Å²) in [5.41, 5.74) is 1.07. The molecule has 0 spiro atoms. The minimum Gasteiger partial charge on any atom is -0.306 e. The van der Waals surface area contributed by atoms with Gasteiger partial charge in [0.1, 0.15) is 11.6 Å². The summed E-state index contributed by atoms with van der Waals surface area (Å²) in [5.74, 6) is 0.138. The lowest BCUT2D eigenvalue weighted by molar-refractivity contribution is 0.628. The summed E-state index contributed by atoms with van der Waals surface area (Å²) >= 11 is 0. The predicted octanol–water partition coefficient (Wildman–Crippen LogP) is 1.88. The van der Waals surface area contributed by atoms with Gasteiger partial charge >= 0.3 is 0 Å². The minimum absolute atomic E-state index is 0.177. The summed E-state index contributed by atoms with van der Waals surface area (Å²) in [6, 6.07) is 5.80. The van der Waals surface area contributed by atoms with Crippen LogP contribution in [0.5, 0.6) is 0 Å². The van der Waals surface area contributed by atoms with Gasteiger partial charge in [0, 0.05) is 17.3 Å². The number of nitrogens with one attached hydrogen (secondary N) is 1. The Balaban J connectivity index is 2.50. The molecule has 0 saturated heterocycles. The van der Waals surface area contributed by atoms with Crippen molar-refractivity contribution < 1.29 is 4.39 Å². The second-order valence-electron chi connectivity index (χ2n) is 3.25. The van der Waals surface area contributed by atoms with Crippen molar-refractivity contribution in [3.05, 3.63) is 52.2 Å². The van der Waals surface area contributed by atoms with E-state index in [-0.39, 0.29) is 11.4 Å². The smallest absolute Gasteiger partial charge is 0.254 e. The van der Waals surface area contributed by atoms with Crippen LogP contribution in [-0.4, -0.2) is 9.97 Å². The lowest BCUT2D eigenvalue weighted by Gasteiger charge is -2.00. The number of nitrogens with zero attached hydrogens (tertiary/aromatic N) is 1. The zero-order valence-corrected chi connectivity index (χ0v) is 8.12. The molecule has 4 heteroatoms. The molecule has 1 N–H and O–H groups in total. The largest absolute Gasteiger partial charge is 0.306 e. The lowest BCUT2D eigenvalue weighted by atomic mass is 10.2. The van der Waals surface area contributed by atoms with Gasteiger partial charge in [-0.15, -0.1) is 0 Å². The van der Waals surface area contributed by atoms with Crippen molar-refractivity contribution in [3.8, 4) is 11.4 Å². The molecule has 2 aromatic rings. The van der Waals surface area contributed by atoms with E-state index < -0.39 is 0 Å². The second-order valence-corrected chi connectivity index (χ2v) is 3.25. The maximum absolute atomic E-state index is 12.7.